The van der Waals surface area contributed by atoms with E-state index in [1.807, 2.05) is 0 Å². The number of hydrogen-bond acceptors (Lipinski definition) is 1. The van der Waals surface area contributed by atoms with Crippen LogP contribution in [0.4, 0.5) is 0 Å². The predicted molar refractivity (Wildman–Crippen MR) is 71.7 cm³/mol. The number of fused-ring (bicyclic) bond motifs is 1. The van der Waals surface area contributed by atoms with Gasteiger partial charge < -0.3 is 4.74 Å². The molecule has 0 amide bonds. The molecular formula is C14H19BrO. The Balaban J connectivity index is 2.60. The van der Waals surface area contributed by atoms with Gasteiger partial charge in [-0.2, -0.15) is 0 Å². The third kappa shape index (κ3) is 2.00. The zero-order chi connectivity index (χ0) is 11.7. The van der Waals surface area contributed by atoms with Crippen LogP contribution in [0.1, 0.15) is 46.3 Å². The lowest BCUT2D eigenvalue weighted by molar-refractivity contribution is 0.407. The van der Waals surface area contributed by atoms with Gasteiger partial charge in [0.05, 0.1) is 7.11 Å². The Morgan fingerprint density at radius 1 is 1.31 bits per heavy atom. The van der Waals surface area contributed by atoms with Gasteiger partial charge in [-0.15, -0.1) is 0 Å². The number of rotatable bonds is 1. The number of benzene rings is 1. The van der Waals surface area contributed by atoms with Crippen molar-refractivity contribution in [3.63, 3.8) is 0 Å². The summed E-state index contributed by atoms with van der Waals surface area (Å²) in [6.45, 7) is 4.32. The molecule has 0 fully saturated rings. The van der Waals surface area contributed by atoms with Crippen LogP contribution in [-0.2, 0) is 6.42 Å². The van der Waals surface area contributed by atoms with Crippen LogP contribution < -0.4 is 4.74 Å². The number of alkyl halides is 1. The largest absolute Gasteiger partial charge is 0.496 e. The molecule has 1 aromatic carbocycles. The zero-order valence-electron chi connectivity index (χ0n) is 10.3. The number of hydrogen-bond donors (Lipinski definition) is 0. The van der Waals surface area contributed by atoms with E-state index in [0.29, 0.717) is 4.83 Å². The summed E-state index contributed by atoms with van der Waals surface area (Å²) in [5.41, 5.74) is 5.57. The second kappa shape index (κ2) is 4.79. The summed E-state index contributed by atoms with van der Waals surface area (Å²) in [6, 6.07) is 2.31. The summed E-state index contributed by atoms with van der Waals surface area (Å²) >= 11 is 3.82. The average molecular weight is 283 g/mol. The molecule has 1 aliphatic rings. The molecule has 0 heterocycles. The quantitative estimate of drug-likeness (QED) is 0.545. The molecule has 0 spiro atoms. The first-order valence-corrected chi connectivity index (χ1v) is 6.87. The van der Waals surface area contributed by atoms with Crippen molar-refractivity contribution >= 4 is 15.9 Å². The summed E-state index contributed by atoms with van der Waals surface area (Å²) < 4.78 is 5.51. The summed E-state index contributed by atoms with van der Waals surface area (Å²) in [5, 5.41) is 0. The maximum atomic E-state index is 5.51. The van der Waals surface area contributed by atoms with E-state index in [2.05, 4.69) is 35.8 Å². The zero-order valence-corrected chi connectivity index (χ0v) is 11.9. The molecule has 1 atom stereocenters. The van der Waals surface area contributed by atoms with Crippen molar-refractivity contribution in [2.24, 2.45) is 0 Å². The Morgan fingerprint density at radius 2 is 2.06 bits per heavy atom. The van der Waals surface area contributed by atoms with Gasteiger partial charge in [0.15, 0.2) is 0 Å². The molecule has 0 saturated heterocycles. The molecule has 1 aliphatic carbocycles. The van der Waals surface area contributed by atoms with Crippen molar-refractivity contribution in [3.8, 4) is 5.75 Å². The van der Waals surface area contributed by atoms with Crippen molar-refractivity contribution in [2.45, 2.75) is 44.4 Å². The first-order chi connectivity index (χ1) is 7.65. The van der Waals surface area contributed by atoms with Crippen LogP contribution in [-0.4, -0.2) is 7.11 Å². The molecular weight excluding hydrogens is 264 g/mol. The molecule has 1 unspecified atom stereocenters. The van der Waals surface area contributed by atoms with Gasteiger partial charge in [0.25, 0.3) is 0 Å². The fraction of sp³-hybridized carbons (Fsp3) is 0.571. The van der Waals surface area contributed by atoms with Gasteiger partial charge >= 0.3 is 0 Å². The fourth-order valence-corrected chi connectivity index (χ4v) is 3.77. The van der Waals surface area contributed by atoms with Crippen molar-refractivity contribution in [1.29, 1.82) is 0 Å². The Morgan fingerprint density at radius 3 is 2.75 bits per heavy atom. The van der Waals surface area contributed by atoms with Crippen molar-refractivity contribution in [1.82, 2.24) is 0 Å². The van der Waals surface area contributed by atoms with E-state index in [-0.39, 0.29) is 0 Å². The predicted octanol–water partition coefficient (Wildman–Crippen LogP) is 4.47. The summed E-state index contributed by atoms with van der Waals surface area (Å²) in [6.07, 6.45) is 5.06. The maximum absolute atomic E-state index is 5.51. The fourth-order valence-electron chi connectivity index (χ4n) is 2.80. The van der Waals surface area contributed by atoms with Crippen molar-refractivity contribution < 1.29 is 4.74 Å². The van der Waals surface area contributed by atoms with Gasteiger partial charge in [0.2, 0.25) is 0 Å². The van der Waals surface area contributed by atoms with Gasteiger partial charge in [-0.1, -0.05) is 28.4 Å². The lowest BCUT2D eigenvalue weighted by Gasteiger charge is -2.19. The lowest BCUT2D eigenvalue weighted by Crippen LogP contribution is -2.02. The molecule has 0 radical (unpaired) electrons. The minimum absolute atomic E-state index is 0.500. The molecule has 1 aromatic rings. The molecule has 0 saturated carbocycles. The minimum atomic E-state index is 0.500. The van der Waals surface area contributed by atoms with Gasteiger partial charge in [0, 0.05) is 4.83 Å². The third-order valence-electron chi connectivity index (χ3n) is 3.51. The molecule has 0 aromatic heterocycles. The van der Waals surface area contributed by atoms with Crippen LogP contribution in [0.5, 0.6) is 5.75 Å². The molecule has 2 heteroatoms. The molecule has 2 rings (SSSR count). The normalized spacial score (nSPS) is 20.1. The first-order valence-electron chi connectivity index (χ1n) is 5.96. The van der Waals surface area contributed by atoms with E-state index in [1.54, 1.807) is 7.11 Å². The molecule has 0 N–H and O–H groups in total. The van der Waals surface area contributed by atoms with Gasteiger partial charge in [0.1, 0.15) is 5.75 Å². The Labute approximate surface area is 106 Å². The Hall–Kier alpha value is -0.500. The second-order valence-corrected chi connectivity index (χ2v) is 5.74. The second-order valence-electron chi connectivity index (χ2n) is 4.64. The van der Waals surface area contributed by atoms with Crippen LogP contribution in [0.25, 0.3) is 0 Å². The monoisotopic (exact) mass is 282 g/mol. The topological polar surface area (TPSA) is 9.23 Å². The van der Waals surface area contributed by atoms with Crippen LogP contribution in [0.3, 0.4) is 0 Å². The van der Waals surface area contributed by atoms with Crippen LogP contribution >= 0.6 is 15.9 Å². The average Bonchev–Trinajstić information content (AvgIpc) is 2.41. The van der Waals surface area contributed by atoms with Crippen molar-refractivity contribution in [2.75, 3.05) is 7.11 Å². The third-order valence-corrected chi connectivity index (χ3v) is 4.43. The van der Waals surface area contributed by atoms with E-state index in [0.717, 1.165) is 5.75 Å². The highest BCUT2D eigenvalue weighted by Crippen LogP contribution is 2.41. The molecule has 0 bridgehead atoms. The highest BCUT2D eigenvalue weighted by molar-refractivity contribution is 9.09. The number of ether oxygens (including phenoxy) is 1. The van der Waals surface area contributed by atoms with E-state index in [1.165, 1.54) is 47.9 Å². The van der Waals surface area contributed by atoms with Crippen LogP contribution in [0, 0.1) is 13.8 Å². The van der Waals surface area contributed by atoms with E-state index >= 15 is 0 Å². The Kier molecular flexibility index (Phi) is 3.58. The molecule has 16 heavy (non-hydrogen) atoms. The van der Waals surface area contributed by atoms with Crippen molar-refractivity contribution in [3.05, 3.63) is 28.3 Å². The Bertz CT molecular complexity index is 398. The molecule has 88 valence electrons. The molecule has 0 aliphatic heterocycles. The summed E-state index contributed by atoms with van der Waals surface area (Å²) in [5.74, 6) is 1.06. The summed E-state index contributed by atoms with van der Waals surface area (Å²) in [7, 11) is 1.77. The lowest BCUT2D eigenvalue weighted by atomic mass is 9.94. The van der Waals surface area contributed by atoms with E-state index in [4.69, 9.17) is 4.74 Å². The van der Waals surface area contributed by atoms with Crippen LogP contribution in [0.15, 0.2) is 6.07 Å². The van der Waals surface area contributed by atoms with Gasteiger partial charge in [-0.05, 0) is 55.4 Å². The standard InChI is InChI=1S/C14H19BrO/c1-9-8-11-6-4-5-7-12(15)13(11)10(2)14(9)16-3/h8,12H,4-7H2,1-3H3. The number of methoxy groups -OCH3 is 1. The minimum Gasteiger partial charge on any atom is -0.496 e. The SMILES string of the molecule is COc1c(C)cc2c(c1C)C(Br)CCCC2. The van der Waals surface area contributed by atoms with Crippen LogP contribution in [0.2, 0.25) is 0 Å². The van der Waals surface area contributed by atoms with E-state index in [9.17, 15) is 0 Å². The molecule has 1 nitrogen and oxygen atoms in total. The van der Waals surface area contributed by atoms with Gasteiger partial charge in [-0.25, -0.2) is 0 Å². The van der Waals surface area contributed by atoms with E-state index < -0.39 is 0 Å². The summed E-state index contributed by atoms with van der Waals surface area (Å²) in [4.78, 5) is 0.500. The number of halogens is 1. The highest BCUT2D eigenvalue weighted by atomic mass is 79.9. The smallest absolute Gasteiger partial charge is 0.125 e. The number of aryl methyl sites for hydroxylation is 2. The van der Waals surface area contributed by atoms with Gasteiger partial charge in [-0.3, -0.25) is 0 Å². The highest BCUT2D eigenvalue weighted by Gasteiger charge is 2.21. The maximum Gasteiger partial charge on any atom is 0.125 e. The first kappa shape index (κ1) is 12.0.